The van der Waals surface area contributed by atoms with Crippen molar-refractivity contribution in [1.29, 1.82) is 0 Å². The Balaban J connectivity index is 2.69. The van der Waals surface area contributed by atoms with Crippen molar-refractivity contribution < 1.29 is 14.5 Å². The molecule has 0 fully saturated rings. The van der Waals surface area contributed by atoms with Gasteiger partial charge in [0.25, 0.3) is 5.69 Å². The normalized spacial score (nSPS) is 9.89. The average Bonchev–Trinajstić information content (AvgIpc) is 2.26. The molecule has 0 spiro atoms. The van der Waals surface area contributed by atoms with Gasteiger partial charge in [0, 0.05) is 24.6 Å². The fraction of sp³-hybridized carbons (Fsp3) is 0.273. The third-order valence-electron chi connectivity index (χ3n) is 2.13. The van der Waals surface area contributed by atoms with Gasteiger partial charge in [-0.1, -0.05) is 0 Å². The van der Waals surface area contributed by atoms with E-state index >= 15 is 0 Å². The molecular formula is C11H11BrN2O4. The van der Waals surface area contributed by atoms with E-state index in [4.69, 9.17) is 0 Å². The highest BCUT2D eigenvalue weighted by molar-refractivity contribution is 9.10. The van der Waals surface area contributed by atoms with Crippen LogP contribution in [0.2, 0.25) is 0 Å². The van der Waals surface area contributed by atoms with E-state index in [1.54, 1.807) is 0 Å². The zero-order valence-electron chi connectivity index (χ0n) is 9.60. The van der Waals surface area contributed by atoms with Crippen LogP contribution in [0.5, 0.6) is 0 Å². The number of halogens is 1. The topological polar surface area (TPSA) is 89.3 Å². The quantitative estimate of drug-likeness (QED) is 0.668. The summed E-state index contributed by atoms with van der Waals surface area (Å²) in [5, 5.41) is 13.1. The van der Waals surface area contributed by atoms with Gasteiger partial charge >= 0.3 is 0 Å². The highest BCUT2D eigenvalue weighted by Gasteiger charge is 2.12. The van der Waals surface area contributed by atoms with Crippen LogP contribution in [0.25, 0.3) is 0 Å². The summed E-state index contributed by atoms with van der Waals surface area (Å²) in [6.45, 7) is 1.41. The number of amides is 1. The Bertz CT molecular complexity index is 502. The number of rotatable bonds is 5. The molecule has 0 atom stereocenters. The van der Waals surface area contributed by atoms with Crippen molar-refractivity contribution in [2.75, 3.05) is 5.32 Å². The SMILES string of the molecule is CC(=O)CCC(=O)Nc1ccc([N+](=O)[O-])c(Br)c1. The van der Waals surface area contributed by atoms with Gasteiger partial charge in [0.2, 0.25) is 5.91 Å². The minimum Gasteiger partial charge on any atom is -0.326 e. The van der Waals surface area contributed by atoms with E-state index in [1.165, 1.54) is 25.1 Å². The Morgan fingerprint density at radius 2 is 2.06 bits per heavy atom. The minimum atomic E-state index is -0.522. The van der Waals surface area contributed by atoms with E-state index in [0.717, 1.165) is 0 Å². The second-order valence-corrected chi connectivity index (χ2v) is 4.53. The van der Waals surface area contributed by atoms with Crippen LogP contribution in [-0.2, 0) is 9.59 Å². The van der Waals surface area contributed by atoms with Crippen LogP contribution in [0.1, 0.15) is 19.8 Å². The maximum atomic E-state index is 11.4. The summed E-state index contributed by atoms with van der Waals surface area (Å²) in [4.78, 5) is 32.2. The van der Waals surface area contributed by atoms with Crippen LogP contribution in [0.15, 0.2) is 22.7 Å². The van der Waals surface area contributed by atoms with E-state index in [2.05, 4.69) is 21.2 Å². The lowest BCUT2D eigenvalue weighted by Gasteiger charge is -2.05. The van der Waals surface area contributed by atoms with Gasteiger partial charge in [-0.05, 0) is 35.0 Å². The number of nitro groups is 1. The first-order valence-electron chi connectivity index (χ1n) is 5.13. The molecule has 0 aliphatic rings. The molecule has 0 saturated carbocycles. The van der Waals surface area contributed by atoms with Crippen LogP contribution in [0.3, 0.4) is 0 Å². The van der Waals surface area contributed by atoms with E-state index in [0.29, 0.717) is 5.69 Å². The summed E-state index contributed by atoms with van der Waals surface area (Å²) >= 11 is 3.05. The van der Waals surface area contributed by atoms with Gasteiger partial charge in [0.05, 0.1) is 9.40 Å². The molecule has 1 aromatic carbocycles. The van der Waals surface area contributed by atoms with Crippen LogP contribution in [0.4, 0.5) is 11.4 Å². The van der Waals surface area contributed by atoms with Crippen molar-refractivity contribution in [2.45, 2.75) is 19.8 Å². The lowest BCUT2D eigenvalue weighted by molar-refractivity contribution is -0.385. The molecule has 0 saturated heterocycles. The Labute approximate surface area is 112 Å². The van der Waals surface area contributed by atoms with Gasteiger partial charge in [0.1, 0.15) is 5.78 Å². The van der Waals surface area contributed by atoms with Crippen molar-refractivity contribution in [1.82, 2.24) is 0 Å². The fourth-order valence-electron chi connectivity index (χ4n) is 1.25. The number of Topliss-reactive ketones (excluding diaryl/α,β-unsaturated/α-hetero) is 1. The van der Waals surface area contributed by atoms with Crippen molar-refractivity contribution >= 4 is 39.0 Å². The molecule has 96 valence electrons. The summed E-state index contributed by atoms with van der Waals surface area (Å²) in [5.41, 5.74) is 0.373. The highest BCUT2D eigenvalue weighted by atomic mass is 79.9. The number of anilines is 1. The molecule has 1 rings (SSSR count). The van der Waals surface area contributed by atoms with Crippen molar-refractivity contribution in [2.24, 2.45) is 0 Å². The summed E-state index contributed by atoms with van der Waals surface area (Å²) in [7, 11) is 0. The Kier molecular flexibility index (Phi) is 4.96. The molecule has 1 aromatic rings. The molecule has 18 heavy (non-hydrogen) atoms. The molecule has 0 radical (unpaired) electrons. The third-order valence-corrected chi connectivity index (χ3v) is 2.77. The molecule has 0 bridgehead atoms. The van der Waals surface area contributed by atoms with Gasteiger partial charge in [-0.15, -0.1) is 0 Å². The molecule has 6 nitrogen and oxygen atoms in total. The lowest BCUT2D eigenvalue weighted by Crippen LogP contribution is -2.12. The number of benzene rings is 1. The van der Waals surface area contributed by atoms with Crippen LogP contribution in [-0.4, -0.2) is 16.6 Å². The predicted octanol–water partition coefficient (Wildman–Crippen LogP) is 2.67. The second kappa shape index (κ2) is 6.25. The van der Waals surface area contributed by atoms with E-state index in [-0.39, 0.29) is 34.7 Å². The first-order chi connectivity index (χ1) is 8.40. The number of ketones is 1. The van der Waals surface area contributed by atoms with Gasteiger partial charge < -0.3 is 10.1 Å². The summed E-state index contributed by atoms with van der Waals surface area (Å²) in [5.74, 6) is -0.360. The van der Waals surface area contributed by atoms with Crippen LogP contribution in [0, 0.1) is 10.1 Å². The fourth-order valence-corrected chi connectivity index (χ4v) is 1.77. The smallest absolute Gasteiger partial charge is 0.283 e. The van der Waals surface area contributed by atoms with Gasteiger partial charge in [-0.3, -0.25) is 14.9 Å². The van der Waals surface area contributed by atoms with Crippen molar-refractivity contribution in [3.63, 3.8) is 0 Å². The standard InChI is InChI=1S/C11H11BrN2O4/c1-7(15)2-5-11(16)13-8-3-4-10(14(17)18)9(12)6-8/h3-4,6H,2,5H2,1H3,(H,13,16). The highest BCUT2D eigenvalue weighted by Crippen LogP contribution is 2.27. The molecule has 7 heteroatoms. The maximum Gasteiger partial charge on any atom is 0.283 e. The lowest BCUT2D eigenvalue weighted by atomic mass is 10.2. The van der Waals surface area contributed by atoms with E-state index < -0.39 is 4.92 Å². The Hall–Kier alpha value is -1.76. The number of carbonyl (C=O) groups excluding carboxylic acids is 2. The van der Waals surface area contributed by atoms with E-state index in [1.807, 2.05) is 0 Å². The molecule has 0 unspecified atom stereocenters. The summed E-state index contributed by atoms with van der Waals surface area (Å²) < 4.78 is 0.289. The second-order valence-electron chi connectivity index (χ2n) is 3.67. The van der Waals surface area contributed by atoms with E-state index in [9.17, 15) is 19.7 Å². The molecule has 0 aromatic heterocycles. The van der Waals surface area contributed by atoms with Crippen LogP contribution >= 0.6 is 15.9 Å². The molecular weight excluding hydrogens is 304 g/mol. The Morgan fingerprint density at radius 3 is 2.56 bits per heavy atom. The van der Waals surface area contributed by atoms with Gasteiger partial charge in [-0.2, -0.15) is 0 Å². The van der Waals surface area contributed by atoms with Crippen LogP contribution < -0.4 is 5.32 Å². The number of nitro benzene ring substituents is 1. The van der Waals surface area contributed by atoms with Gasteiger partial charge in [-0.25, -0.2) is 0 Å². The third kappa shape index (κ3) is 4.25. The zero-order valence-corrected chi connectivity index (χ0v) is 11.2. The first kappa shape index (κ1) is 14.3. The van der Waals surface area contributed by atoms with Crippen molar-refractivity contribution in [3.05, 3.63) is 32.8 Å². The molecule has 1 N–H and O–H groups in total. The van der Waals surface area contributed by atoms with Gasteiger partial charge in [0.15, 0.2) is 0 Å². The first-order valence-corrected chi connectivity index (χ1v) is 5.92. The van der Waals surface area contributed by atoms with Crippen molar-refractivity contribution in [3.8, 4) is 0 Å². The number of hydrogen-bond acceptors (Lipinski definition) is 4. The minimum absolute atomic E-state index is 0.0602. The number of carbonyl (C=O) groups is 2. The number of hydrogen-bond donors (Lipinski definition) is 1. The molecule has 0 heterocycles. The summed E-state index contributed by atoms with van der Waals surface area (Å²) in [6, 6.07) is 4.18. The average molecular weight is 315 g/mol. The molecule has 0 aliphatic heterocycles. The molecule has 1 amide bonds. The largest absolute Gasteiger partial charge is 0.326 e. The maximum absolute atomic E-state index is 11.4. The monoisotopic (exact) mass is 314 g/mol. The Morgan fingerprint density at radius 1 is 1.39 bits per heavy atom. The molecule has 0 aliphatic carbocycles. The number of nitrogens with zero attached hydrogens (tertiary/aromatic N) is 1. The predicted molar refractivity (Wildman–Crippen MR) is 69.3 cm³/mol. The summed E-state index contributed by atoms with van der Waals surface area (Å²) in [6.07, 6.45) is 0.282. The number of nitrogens with one attached hydrogen (secondary N) is 1. The zero-order chi connectivity index (χ0) is 13.7.